The van der Waals surface area contributed by atoms with E-state index in [2.05, 4.69) is 0 Å². The van der Waals surface area contributed by atoms with Crippen molar-refractivity contribution in [3.05, 3.63) is 182 Å². The third-order valence-electron chi connectivity index (χ3n) is 7.02. The average molecular weight is 615 g/mol. The summed E-state index contributed by atoms with van der Waals surface area (Å²) in [6.07, 6.45) is 0. The first kappa shape index (κ1) is 29.1. The molecular weight excluding hydrogens is 585 g/mol. The van der Waals surface area contributed by atoms with E-state index in [9.17, 15) is 9.59 Å². The van der Waals surface area contributed by atoms with E-state index in [1.165, 1.54) is 0 Å². The van der Waals surface area contributed by atoms with Crippen LogP contribution in [-0.4, -0.2) is 11.9 Å². The maximum atomic E-state index is 14.2. The molecule has 6 aromatic carbocycles. The molecule has 0 aliphatic rings. The number of rotatable bonds is 8. The quantitative estimate of drug-likeness (QED) is 0.160. The minimum atomic E-state index is -2.67. The van der Waals surface area contributed by atoms with Gasteiger partial charge in [0.1, 0.15) is 0 Å². The Balaban J connectivity index is 1.49. The number of hydrogen-bond donors (Lipinski definition) is 0. The predicted molar refractivity (Wildman–Crippen MR) is 176 cm³/mol. The molecule has 4 nitrogen and oxygen atoms in total. The van der Waals surface area contributed by atoms with Crippen LogP contribution in [0, 0.1) is 0 Å². The number of carbonyl (C=O) groups is 2. The molecule has 0 amide bonds. The molecule has 0 saturated heterocycles. The number of carbonyl (C=O) groups excluding carboxylic acids is 2. The first-order valence-corrected chi connectivity index (χ1v) is 17.2. The Bertz CT molecular complexity index is 1490. The minimum Gasteiger partial charge on any atom is -0.393 e. The summed E-state index contributed by atoms with van der Waals surface area (Å²) in [6.45, 7) is 0. The monoisotopic (exact) mass is 614 g/mol. The molecule has 0 atom stereocenters. The summed E-state index contributed by atoms with van der Waals surface area (Å²) in [7, 11) is -5.33. The van der Waals surface area contributed by atoms with Gasteiger partial charge in [-0.2, -0.15) is 0 Å². The van der Waals surface area contributed by atoms with Crippen LogP contribution in [0.5, 0.6) is 0 Å². The first-order valence-electron chi connectivity index (χ1n) is 14.1. The van der Waals surface area contributed by atoms with Gasteiger partial charge >= 0.3 is 11.9 Å². The average Bonchev–Trinajstić information content (AvgIpc) is 3.11. The van der Waals surface area contributed by atoms with Gasteiger partial charge in [-0.1, -0.05) is 109 Å². The van der Waals surface area contributed by atoms with Crippen LogP contribution < -0.4 is 0 Å². The summed E-state index contributed by atoms with van der Waals surface area (Å²) in [5.41, 5.74) is 0. The van der Waals surface area contributed by atoms with E-state index >= 15 is 0 Å². The minimum absolute atomic E-state index is 0.784. The predicted octanol–water partition coefficient (Wildman–Crippen LogP) is 9.87. The number of hydrogen-bond acceptors (Lipinski definition) is 4. The Morgan fingerprint density at radius 2 is 0.455 bits per heavy atom. The highest BCUT2D eigenvalue weighted by atomic mass is 32.3. The van der Waals surface area contributed by atoms with Gasteiger partial charge in [0, 0.05) is 29.4 Å². The standard InChI is InChI=1S/C38H30O4S2/c39-37(41-43(31-19-7-1-8-20-31,32-21-9-2-10-22-32)33-23-11-3-12-24-33)38(40)42-44(34-25-13-4-14-26-34,35-27-15-5-16-28-35)36-29-17-6-18-30-36/h1-30H. The van der Waals surface area contributed by atoms with Crippen LogP contribution >= 0.6 is 20.6 Å². The Kier molecular flexibility index (Phi) is 8.64. The van der Waals surface area contributed by atoms with Crippen molar-refractivity contribution in [1.29, 1.82) is 0 Å². The van der Waals surface area contributed by atoms with Crippen LogP contribution in [0.25, 0.3) is 0 Å². The van der Waals surface area contributed by atoms with E-state index < -0.39 is 32.6 Å². The largest absolute Gasteiger partial charge is 0.429 e. The fourth-order valence-corrected chi connectivity index (χ4v) is 11.1. The zero-order chi connectivity index (χ0) is 30.2. The molecule has 0 bridgehead atoms. The summed E-state index contributed by atoms with van der Waals surface area (Å²) in [4.78, 5) is 33.1. The molecule has 0 aliphatic heterocycles. The molecule has 0 aliphatic carbocycles. The molecule has 44 heavy (non-hydrogen) atoms. The van der Waals surface area contributed by atoms with Gasteiger partial charge in [-0.3, -0.25) is 0 Å². The summed E-state index contributed by atoms with van der Waals surface area (Å²) in [5.74, 6) is -2.12. The van der Waals surface area contributed by atoms with Crippen molar-refractivity contribution in [3.63, 3.8) is 0 Å². The Hall–Kier alpha value is -5.04. The molecule has 6 rings (SSSR count). The second-order valence-corrected chi connectivity index (χ2v) is 15.1. The van der Waals surface area contributed by atoms with Crippen LogP contribution in [0.2, 0.25) is 0 Å². The van der Waals surface area contributed by atoms with E-state index in [1.54, 1.807) is 0 Å². The van der Waals surface area contributed by atoms with Gasteiger partial charge in [-0.15, -0.1) is 0 Å². The van der Waals surface area contributed by atoms with Crippen molar-refractivity contribution < 1.29 is 18.0 Å². The second kappa shape index (κ2) is 13.1. The van der Waals surface area contributed by atoms with Gasteiger partial charge in [0.05, 0.1) is 0 Å². The van der Waals surface area contributed by atoms with Gasteiger partial charge in [0.2, 0.25) is 0 Å². The van der Waals surface area contributed by atoms with Gasteiger partial charge < -0.3 is 8.37 Å². The third kappa shape index (κ3) is 5.53. The van der Waals surface area contributed by atoms with Crippen LogP contribution in [0.4, 0.5) is 0 Å². The molecule has 0 saturated carbocycles. The SMILES string of the molecule is O=C(OS(c1ccccc1)(c1ccccc1)c1ccccc1)C(=O)OS(c1ccccc1)(c1ccccc1)c1ccccc1. The van der Waals surface area contributed by atoms with Crippen molar-refractivity contribution in [2.75, 3.05) is 0 Å². The molecule has 0 radical (unpaired) electrons. The summed E-state index contributed by atoms with van der Waals surface area (Å²) < 4.78 is 13.0. The van der Waals surface area contributed by atoms with Crippen molar-refractivity contribution >= 4 is 32.6 Å². The maximum Gasteiger partial charge on any atom is 0.429 e. The fourth-order valence-electron chi connectivity index (χ4n) is 5.07. The Morgan fingerprint density at radius 1 is 0.295 bits per heavy atom. The summed E-state index contributed by atoms with van der Waals surface area (Å²) >= 11 is 0. The van der Waals surface area contributed by atoms with Crippen molar-refractivity contribution in [1.82, 2.24) is 0 Å². The summed E-state index contributed by atoms with van der Waals surface area (Å²) in [5, 5.41) is 0. The summed E-state index contributed by atoms with van der Waals surface area (Å²) in [6, 6.07) is 57.6. The highest BCUT2D eigenvalue weighted by Gasteiger charge is 2.42. The van der Waals surface area contributed by atoms with Crippen LogP contribution in [-0.2, 0) is 18.0 Å². The molecule has 0 heterocycles. The van der Waals surface area contributed by atoms with Crippen LogP contribution in [0.3, 0.4) is 0 Å². The van der Waals surface area contributed by atoms with Crippen LogP contribution in [0.15, 0.2) is 211 Å². The fraction of sp³-hybridized carbons (Fsp3) is 0. The van der Waals surface area contributed by atoms with E-state index in [0.29, 0.717) is 0 Å². The molecule has 6 heteroatoms. The lowest BCUT2D eigenvalue weighted by molar-refractivity contribution is -0.155. The lowest BCUT2D eigenvalue weighted by Crippen LogP contribution is -2.25. The van der Waals surface area contributed by atoms with E-state index in [4.69, 9.17) is 8.37 Å². The Labute approximate surface area is 261 Å². The van der Waals surface area contributed by atoms with Crippen molar-refractivity contribution in [2.45, 2.75) is 29.4 Å². The van der Waals surface area contributed by atoms with Crippen molar-refractivity contribution in [3.8, 4) is 0 Å². The highest BCUT2D eigenvalue weighted by molar-refractivity contribution is 8.30. The molecule has 6 aromatic rings. The molecule has 0 fully saturated rings. The second-order valence-electron chi connectivity index (χ2n) is 9.73. The van der Waals surface area contributed by atoms with Gasteiger partial charge in [0.25, 0.3) is 0 Å². The van der Waals surface area contributed by atoms with E-state index in [-0.39, 0.29) is 0 Å². The van der Waals surface area contributed by atoms with Gasteiger partial charge in [0.15, 0.2) is 0 Å². The zero-order valence-corrected chi connectivity index (χ0v) is 25.4. The maximum absolute atomic E-state index is 14.2. The first-order chi connectivity index (χ1) is 21.6. The molecule has 0 unspecified atom stereocenters. The molecule has 0 N–H and O–H groups in total. The number of benzene rings is 6. The lowest BCUT2D eigenvalue weighted by atomic mass is 10.4. The van der Waals surface area contributed by atoms with Crippen molar-refractivity contribution in [2.24, 2.45) is 0 Å². The van der Waals surface area contributed by atoms with Gasteiger partial charge in [-0.05, 0) is 93.4 Å². The third-order valence-corrected chi connectivity index (χ3v) is 13.4. The van der Waals surface area contributed by atoms with E-state index in [0.717, 1.165) is 29.4 Å². The van der Waals surface area contributed by atoms with E-state index in [1.807, 2.05) is 182 Å². The molecule has 0 aromatic heterocycles. The lowest BCUT2D eigenvalue weighted by Gasteiger charge is -2.41. The smallest absolute Gasteiger partial charge is 0.393 e. The van der Waals surface area contributed by atoms with Gasteiger partial charge in [-0.25, -0.2) is 9.59 Å². The molecular formula is C38H30O4S2. The molecule has 218 valence electrons. The highest BCUT2D eigenvalue weighted by Crippen LogP contribution is 2.71. The zero-order valence-electron chi connectivity index (χ0n) is 23.8. The molecule has 0 spiro atoms. The normalized spacial score (nSPS) is 12.1. The topological polar surface area (TPSA) is 52.6 Å². The van der Waals surface area contributed by atoms with Crippen LogP contribution in [0.1, 0.15) is 0 Å². The Morgan fingerprint density at radius 3 is 0.614 bits per heavy atom.